The topological polar surface area (TPSA) is 58.6 Å². The Morgan fingerprint density at radius 1 is 1.19 bits per heavy atom. The van der Waals surface area contributed by atoms with E-state index in [4.69, 9.17) is 4.74 Å². The number of hydrogen-bond acceptors (Lipinski definition) is 3. The molecule has 1 N–H and O–H groups in total. The molecule has 6 heteroatoms. The average Bonchev–Trinajstić information content (AvgIpc) is 3.59. The maximum atomic E-state index is 13.3. The van der Waals surface area contributed by atoms with Crippen LogP contribution < -0.4 is 5.32 Å². The number of rotatable bonds is 7. The maximum Gasteiger partial charge on any atom is 0.411 e. The third-order valence-corrected chi connectivity index (χ3v) is 7.06. The van der Waals surface area contributed by atoms with E-state index in [-0.39, 0.29) is 24.0 Å². The Morgan fingerprint density at radius 2 is 1.84 bits per heavy atom. The molecule has 1 unspecified atom stereocenters. The van der Waals surface area contributed by atoms with Crippen LogP contribution in [0, 0.1) is 5.92 Å². The van der Waals surface area contributed by atoms with Gasteiger partial charge in [-0.25, -0.2) is 4.79 Å². The van der Waals surface area contributed by atoms with Crippen LogP contribution in [0.2, 0.25) is 0 Å². The lowest BCUT2D eigenvalue weighted by Gasteiger charge is -2.46. The second kappa shape index (κ2) is 8.89. The van der Waals surface area contributed by atoms with Crippen LogP contribution in [-0.4, -0.2) is 29.0 Å². The lowest BCUT2D eigenvalue weighted by molar-refractivity contribution is -0.125. The summed E-state index contributed by atoms with van der Waals surface area (Å²) in [5, 5.41) is 3.19. The van der Waals surface area contributed by atoms with E-state index in [1.807, 2.05) is 75.4 Å². The molecule has 1 saturated heterocycles. The number of hydrogen-bond donors (Lipinski definition) is 1. The number of cyclic esters (lactones) is 1. The molecular weight excluding hydrogens is 468 g/mol. The van der Waals surface area contributed by atoms with E-state index in [0.717, 1.165) is 28.4 Å². The fourth-order valence-electron chi connectivity index (χ4n) is 4.65. The highest BCUT2D eigenvalue weighted by molar-refractivity contribution is 9.10. The van der Waals surface area contributed by atoms with Gasteiger partial charge in [-0.1, -0.05) is 58.4 Å². The Balaban J connectivity index is 1.56. The normalized spacial score (nSPS) is 22.2. The first-order valence-electron chi connectivity index (χ1n) is 11.3. The molecule has 0 aromatic heterocycles. The van der Waals surface area contributed by atoms with Crippen LogP contribution in [0.25, 0.3) is 0 Å². The van der Waals surface area contributed by atoms with E-state index in [2.05, 4.69) is 21.2 Å². The molecule has 170 valence electrons. The van der Waals surface area contributed by atoms with Crippen LogP contribution in [0.3, 0.4) is 0 Å². The Bertz CT molecular complexity index is 972. The number of nitrogens with zero attached hydrogens (tertiary/aromatic N) is 1. The molecule has 2 amide bonds. The first-order chi connectivity index (χ1) is 15.2. The predicted molar refractivity (Wildman–Crippen MR) is 128 cm³/mol. The van der Waals surface area contributed by atoms with Crippen LogP contribution in [0.1, 0.15) is 63.6 Å². The van der Waals surface area contributed by atoms with Gasteiger partial charge >= 0.3 is 6.09 Å². The monoisotopic (exact) mass is 498 g/mol. The lowest BCUT2D eigenvalue weighted by atomic mass is 9.78. The van der Waals surface area contributed by atoms with Crippen LogP contribution in [0.4, 0.5) is 4.79 Å². The van der Waals surface area contributed by atoms with Gasteiger partial charge in [0.2, 0.25) is 5.91 Å². The van der Waals surface area contributed by atoms with E-state index >= 15 is 0 Å². The van der Waals surface area contributed by atoms with Gasteiger partial charge < -0.3 is 15.0 Å². The molecule has 1 aliphatic carbocycles. The minimum absolute atomic E-state index is 0.0908. The summed E-state index contributed by atoms with van der Waals surface area (Å²) >= 11 is 3.47. The van der Waals surface area contributed by atoms with Gasteiger partial charge in [0.15, 0.2) is 0 Å². The second-order valence-electron chi connectivity index (χ2n) is 9.72. The van der Waals surface area contributed by atoms with Crippen molar-refractivity contribution in [1.82, 2.24) is 10.2 Å². The lowest BCUT2D eigenvalue weighted by Crippen LogP contribution is -2.54. The summed E-state index contributed by atoms with van der Waals surface area (Å²) in [6, 6.07) is 17.9. The van der Waals surface area contributed by atoms with Gasteiger partial charge in [-0.05, 0) is 56.9 Å². The Hall–Kier alpha value is -2.34. The maximum absolute atomic E-state index is 13.3. The first-order valence-corrected chi connectivity index (χ1v) is 12.1. The third-order valence-electron chi connectivity index (χ3n) is 6.53. The molecule has 2 aliphatic rings. The largest absolute Gasteiger partial charge is 0.438 e. The van der Waals surface area contributed by atoms with Crippen molar-refractivity contribution in [2.24, 2.45) is 5.92 Å². The van der Waals surface area contributed by atoms with Gasteiger partial charge in [0.05, 0.1) is 6.04 Å². The van der Waals surface area contributed by atoms with Crippen molar-refractivity contribution in [3.63, 3.8) is 0 Å². The summed E-state index contributed by atoms with van der Waals surface area (Å²) in [5.41, 5.74) is 0.747. The molecule has 2 fully saturated rings. The molecule has 4 rings (SSSR count). The van der Waals surface area contributed by atoms with E-state index in [1.165, 1.54) is 0 Å². The predicted octanol–water partition coefficient (Wildman–Crippen LogP) is 5.94. The summed E-state index contributed by atoms with van der Waals surface area (Å²) in [7, 11) is 0. The molecule has 2 atom stereocenters. The zero-order valence-electron chi connectivity index (χ0n) is 18.9. The molecule has 1 aliphatic heterocycles. The Morgan fingerprint density at radius 3 is 2.44 bits per heavy atom. The van der Waals surface area contributed by atoms with E-state index in [9.17, 15) is 9.59 Å². The van der Waals surface area contributed by atoms with Gasteiger partial charge in [0.1, 0.15) is 5.60 Å². The minimum Gasteiger partial charge on any atom is -0.438 e. The number of benzene rings is 2. The zero-order valence-corrected chi connectivity index (χ0v) is 20.5. The van der Waals surface area contributed by atoms with Crippen molar-refractivity contribution >= 4 is 27.9 Å². The van der Waals surface area contributed by atoms with Crippen molar-refractivity contribution in [3.05, 3.63) is 70.2 Å². The number of halogens is 1. The summed E-state index contributed by atoms with van der Waals surface area (Å²) < 4.78 is 7.27. The van der Waals surface area contributed by atoms with E-state index in [0.29, 0.717) is 19.4 Å². The van der Waals surface area contributed by atoms with Crippen molar-refractivity contribution in [3.8, 4) is 0 Å². The van der Waals surface area contributed by atoms with Crippen LogP contribution in [-0.2, 0) is 15.1 Å². The molecule has 0 spiro atoms. The highest BCUT2D eigenvalue weighted by atomic mass is 79.9. The van der Waals surface area contributed by atoms with Crippen molar-refractivity contribution in [2.45, 2.75) is 63.6 Å². The van der Waals surface area contributed by atoms with Gasteiger partial charge in [0, 0.05) is 35.3 Å². The second-order valence-corrected chi connectivity index (χ2v) is 10.6. The number of amides is 2. The fraction of sp³-hybridized carbons (Fsp3) is 0.462. The number of carbonyl (C=O) groups excluding carboxylic acids is 2. The van der Waals surface area contributed by atoms with Crippen molar-refractivity contribution in [2.75, 3.05) is 6.54 Å². The average molecular weight is 499 g/mol. The highest BCUT2D eigenvalue weighted by Gasteiger charge is 2.47. The zero-order chi connectivity index (χ0) is 22.9. The first kappa shape index (κ1) is 22.8. The van der Waals surface area contributed by atoms with Crippen molar-refractivity contribution in [1.29, 1.82) is 0 Å². The van der Waals surface area contributed by atoms with E-state index in [1.54, 1.807) is 4.90 Å². The molecule has 1 saturated carbocycles. The standard InChI is InChI=1S/C26H31BrN2O3/c1-18(19-11-13-22(27)14-12-19)29-16-15-26(32-24(29)31,21-7-5-4-6-8-21)17-25(2,3)28-23(30)20-9-10-20/h4-8,11-14,18,20H,9-10,15-17H2,1-3H3,(H,28,30)/t18-,26?/m0/s1. The summed E-state index contributed by atoms with van der Waals surface area (Å²) in [6.07, 6.45) is 2.79. The Labute approximate surface area is 198 Å². The van der Waals surface area contributed by atoms with Crippen molar-refractivity contribution < 1.29 is 14.3 Å². The smallest absolute Gasteiger partial charge is 0.411 e. The highest BCUT2D eigenvalue weighted by Crippen LogP contribution is 2.42. The van der Waals surface area contributed by atoms with Crippen LogP contribution in [0.5, 0.6) is 0 Å². The molecule has 0 bridgehead atoms. The minimum atomic E-state index is -0.783. The molecule has 32 heavy (non-hydrogen) atoms. The van der Waals surface area contributed by atoms with Gasteiger partial charge in [0.25, 0.3) is 0 Å². The number of nitrogens with one attached hydrogen (secondary N) is 1. The van der Waals surface area contributed by atoms with E-state index < -0.39 is 11.1 Å². The van der Waals surface area contributed by atoms with Gasteiger partial charge in [-0.2, -0.15) is 0 Å². The number of ether oxygens (including phenoxy) is 1. The molecule has 1 heterocycles. The summed E-state index contributed by atoms with van der Waals surface area (Å²) in [5.74, 6) is 0.240. The molecule has 0 radical (unpaired) electrons. The van der Waals surface area contributed by atoms with Crippen LogP contribution >= 0.6 is 15.9 Å². The van der Waals surface area contributed by atoms with Gasteiger partial charge in [-0.3, -0.25) is 4.79 Å². The van der Waals surface area contributed by atoms with Crippen LogP contribution in [0.15, 0.2) is 59.1 Å². The van der Waals surface area contributed by atoms with Gasteiger partial charge in [-0.15, -0.1) is 0 Å². The Kier molecular flexibility index (Phi) is 6.35. The summed E-state index contributed by atoms with van der Waals surface area (Å²) in [6.45, 7) is 6.64. The fourth-order valence-corrected chi connectivity index (χ4v) is 4.92. The number of carbonyl (C=O) groups is 2. The quantitative estimate of drug-likeness (QED) is 0.513. The molecule has 2 aromatic carbocycles. The summed E-state index contributed by atoms with van der Waals surface area (Å²) in [4.78, 5) is 27.5. The molecular formula is C26H31BrN2O3. The molecule has 5 nitrogen and oxygen atoms in total. The SMILES string of the molecule is C[C@@H](c1ccc(Br)cc1)N1CCC(CC(C)(C)NC(=O)C2CC2)(c2ccccc2)OC1=O. The molecule has 2 aromatic rings. The third kappa shape index (κ3) is 5.01.